The molecule has 7 nitrogen and oxygen atoms in total. The number of halogens is 1. The maximum Gasteiger partial charge on any atom is 0.277 e. The van der Waals surface area contributed by atoms with Crippen molar-refractivity contribution in [1.29, 1.82) is 0 Å². The minimum absolute atomic E-state index is 0.205. The molecule has 0 saturated carbocycles. The van der Waals surface area contributed by atoms with Crippen LogP contribution in [0.1, 0.15) is 32.1 Å². The SMILES string of the molecule is Cc1nc2nc(N(Cc3ccccc3)C(=O)c3cccs3)[nH]n2c(=O)c1Cc1ccc(Cl)cc1. The van der Waals surface area contributed by atoms with Crippen molar-refractivity contribution in [2.45, 2.75) is 19.9 Å². The summed E-state index contributed by atoms with van der Waals surface area (Å²) in [6.45, 7) is 2.09. The fourth-order valence-corrected chi connectivity index (χ4v) is 4.51. The Bertz CT molecular complexity index is 1510. The second-order valence-electron chi connectivity index (χ2n) is 7.82. The van der Waals surface area contributed by atoms with Crippen molar-refractivity contribution in [3.8, 4) is 0 Å². The molecule has 1 amide bonds. The van der Waals surface area contributed by atoms with E-state index in [-0.39, 0.29) is 23.2 Å². The summed E-state index contributed by atoms with van der Waals surface area (Å²) in [5.74, 6) is 0.272. The van der Waals surface area contributed by atoms with Gasteiger partial charge in [0.15, 0.2) is 0 Å². The van der Waals surface area contributed by atoms with Gasteiger partial charge in [0.2, 0.25) is 5.95 Å². The zero-order valence-electron chi connectivity index (χ0n) is 18.2. The van der Waals surface area contributed by atoms with E-state index in [1.165, 1.54) is 20.8 Å². The summed E-state index contributed by atoms with van der Waals surface area (Å²) in [6.07, 6.45) is 0.411. The average Bonchev–Trinajstić information content (AvgIpc) is 3.52. The number of thiophene rings is 1. The molecule has 0 aliphatic heterocycles. The molecule has 0 radical (unpaired) electrons. The molecule has 9 heteroatoms. The van der Waals surface area contributed by atoms with Crippen LogP contribution in [0.15, 0.2) is 76.9 Å². The van der Waals surface area contributed by atoms with E-state index in [4.69, 9.17) is 11.6 Å². The number of nitrogens with one attached hydrogen (secondary N) is 1. The molecule has 2 aromatic carbocycles. The Balaban J connectivity index is 1.56. The second kappa shape index (κ2) is 9.24. The molecule has 1 N–H and O–H groups in total. The number of H-pyrrole nitrogens is 1. The lowest BCUT2D eigenvalue weighted by molar-refractivity contribution is 0.0987. The van der Waals surface area contributed by atoms with E-state index in [1.54, 1.807) is 25.1 Å². The van der Waals surface area contributed by atoms with Gasteiger partial charge in [0.1, 0.15) is 0 Å². The molecule has 0 saturated heterocycles. The number of amides is 1. The summed E-state index contributed by atoms with van der Waals surface area (Å²) in [4.78, 5) is 37.8. The Hall–Kier alpha value is -3.75. The predicted molar refractivity (Wildman–Crippen MR) is 134 cm³/mol. The van der Waals surface area contributed by atoms with Gasteiger partial charge in [-0.2, -0.15) is 9.50 Å². The van der Waals surface area contributed by atoms with Crippen LogP contribution in [0.5, 0.6) is 0 Å². The molecule has 5 aromatic rings. The lowest BCUT2D eigenvalue weighted by Gasteiger charge is -2.19. The molecule has 0 atom stereocenters. The molecule has 3 aromatic heterocycles. The molecular weight excluding hydrogens is 470 g/mol. The number of hydrogen-bond donors (Lipinski definition) is 1. The fraction of sp³-hybridized carbons (Fsp3) is 0.120. The Morgan fingerprint density at radius 3 is 2.50 bits per heavy atom. The number of carbonyl (C=O) groups excluding carboxylic acids is 1. The van der Waals surface area contributed by atoms with Gasteiger partial charge < -0.3 is 0 Å². The van der Waals surface area contributed by atoms with Crippen LogP contribution in [0, 0.1) is 6.92 Å². The number of aromatic amines is 1. The number of benzene rings is 2. The van der Waals surface area contributed by atoms with Crippen LogP contribution in [0.3, 0.4) is 0 Å². The first-order valence-electron chi connectivity index (χ1n) is 10.6. The maximum atomic E-state index is 13.3. The summed E-state index contributed by atoms with van der Waals surface area (Å²) in [5.41, 5.74) is 2.78. The minimum atomic E-state index is -0.251. The molecule has 0 aliphatic rings. The normalized spacial score (nSPS) is 11.1. The van der Waals surface area contributed by atoms with Crippen molar-refractivity contribution in [1.82, 2.24) is 19.6 Å². The highest BCUT2D eigenvalue weighted by atomic mass is 35.5. The van der Waals surface area contributed by atoms with E-state index >= 15 is 0 Å². The molecule has 0 spiro atoms. The summed E-state index contributed by atoms with van der Waals surface area (Å²) in [5, 5.41) is 5.50. The highest BCUT2D eigenvalue weighted by molar-refractivity contribution is 7.12. The Morgan fingerprint density at radius 1 is 1.03 bits per heavy atom. The van der Waals surface area contributed by atoms with Gasteiger partial charge in [-0.15, -0.1) is 11.3 Å². The van der Waals surface area contributed by atoms with E-state index in [2.05, 4.69) is 15.1 Å². The van der Waals surface area contributed by atoms with Crippen molar-refractivity contribution in [2.75, 3.05) is 4.90 Å². The summed E-state index contributed by atoms with van der Waals surface area (Å²) >= 11 is 7.34. The van der Waals surface area contributed by atoms with Crippen molar-refractivity contribution < 1.29 is 4.79 Å². The highest BCUT2D eigenvalue weighted by Crippen LogP contribution is 2.20. The number of fused-ring (bicyclic) bond motifs is 1. The Morgan fingerprint density at radius 2 is 1.79 bits per heavy atom. The quantitative estimate of drug-likeness (QED) is 0.368. The number of rotatable bonds is 6. The average molecular weight is 490 g/mol. The third kappa shape index (κ3) is 4.37. The third-order valence-corrected chi connectivity index (χ3v) is 6.60. The van der Waals surface area contributed by atoms with Crippen molar-refractivity contribution in [3.05, 3.63) is 115 Å². The lowest BCUT2D eigenvalue weighted by atomic mass is 10.1. The summed E-state index contributed by atoms with van der Waals surface area (Å²) < 4.78 is 1.30. The van der Waals surface area contributed by atoms with Crippen LogP contribution < -0.4 is 10.5 Å². The van der Waals surface area contributed by atoms with Gasteiger partial charge in [0.05, 0.1) is 17.1 Å². The van der Waals surface area contributed by atoms with Gasteiger partial charge >= 0.3 is 0 Å². The van der Waals surface area contributed by atoms with Crippen LogP contribution in [0.4, 0.5) is 5.95 Å². The zero-order valence-corrected chi connectivity index (χ0v) is 19.8. The largest absolute Gasteiger partial charge is 0.277 e. The van der Waals surface area contributed by atoms with Gasteiger partial charge in [-0.3, -0.25) is 19.6 Å². The van der Waals surface area contributed by atoms with Gasteiger partial charge in [-0.05, 0) is 41.6 Å². The number of nitrogens with zero attached hydrogens (tertiary/aromatic N) is 4. The van der Waals surface area contributed by atoms with Gasteiger partial charge in [-0.25, -0.2) is 4.98 Å². The fourth-order valence-electron chi connectivity index (χ4n) is 3.72. The van der Waals surface area contributed by atoms with Crippen LogP contribution in [-0.2, 0) is 13.0 Å². The van der Waals surface area contributed by atoms with Gasteiger partial charge in [-0.1, -0.05) is 60.1 Å². The summed E-state index contributed by atoms with van der Waals surface area (Å²) in [6, 6.07) is 20.6. The number of aryl methyl sites for hydroxylation is 1. The van der Waals surface area contributed by atoms with E-state index in [1.807, 2.05) is 53.9 Å². The molecular formula is C25H20ClN5O2S. The van der Waals surface area contributed by atoms with Crippen molar-refractivity contribution in [2.24, 2.45) is 0 Å². The number of carbonyl (C=O) groups is 1. The number of aromatic nitrogens is 4. The first-order valence-corrected chi connectivity index (χ1v) is 11.9. The zero-order chi connectivity index (χ0) is 23.7. The van der Waals surface area contributed by atoms with E-state index in [9.17, 15) is 9.59 Å². The molecule has 3 heterocycles. The van der Waals surface area contributed by atoms with Crippen LogP contribution >= 0.6 is 22.9 Å². The predicted octanol–water partition coefficient (Wildman–Crippen LogP) is 4.88. The minimum Gasteiger partial charge on any atom is -0.272 e. The van der Waals surface area contributed by atoms with Gasteiger partial charge in [0.25, 0.3) is 17.2 Å². The standard InChI is InChI=1S/C25H20ClN5O2S/c1-16-20(14-17-9-11-19(26)12-10-17)22(32)31-24(27-16)28-25(29-31)30(15-18-6-3-2-4-7-18)23(33)21-8-5-13-34-21/h2-13H,14-15H2,1H3,(H,27,28,29). The molecule has 5 rings (SSSR count). The van der Waals surface area contributed by atoms with Crippen LogP contribution in [0.2, 0.25) is 5.02 Å². The van der Waals surface area contributed by atoms with E-state index in [0.29, 0.717) is 34.1 Å². The first-order chi connectivity index (χ1) is 16.5. The first kappa shape index (κ1) is 22.1. The Labute approximate surface area is 204 Å². The van der Waals surface area contributed by atoms with E-state index in [0.717, 1.165) is 11.1 Å². The Kier molecular flexibility index (Phi) is 6.00. The molecule has 0 unspecified atom stereocenters. The molecule has 34 heavy (non-hydrogen) atoms. The lowest BCUT2D eigenvalue weighted by Crippen LogP contribution is -2.31. The van der Waals surface area contributed by atoms with E-state index < -0.39 is 0 Å². The molecule has 0 fully saturated rings. The molecule has 0 bridgehead atoms. The monoisotopic (exact) mass is 489 g/mol. The highest BCUT2D eigenvalue weighted by Gasteiger charge is 2.24. The number of anilines is 1. The second-order valence-corrected chi connectivity index (χ2v) is 9.21. The van der Waals surface area contributed by atoms with Crippen LogP contribution in [0.25, 0.3) is 5.78 Å². The topological polar surface area (TPSA) is 83.4 Å². The van der Waals surface area contributed by atoms with Crippen molar-refractivity contribution in [3.63, 3.8) is 0 Å². The maximum absolute atomic E-state index is 13.3. The van der Waals surface area contributed by atoms with Crippen LogP contribution in [-0.4, -0.2) is 25.5 Å². The molecule has 170 valence electrons. The molecule has 0 aliphatic carbocycles. The summed E-state index contributed by atoms with van der Waals surface area (Å²) in [7, 11) is 0. The van der Waals surface area contributed by atoms with Crippen molar-refractivity contribution >= 4 is 40.6 Å². The number of hydrogen-bond acceptors (Lipinski definition) is 5. The third-order valence-electron chi connectivity index (χ3n) is 5.49. The van der Waals surface area contributed by atoms with Gasteiger partial charge in [0, 0.05) is 17.0 Å². The smallest absolute Gasteiger partial charge is 0.272 e.